The Kier molecular flexibility index (Phi) is 2.53. The second-order valence-electron chi connectivity index (χ2n) is 2.37. The topological polar surface area (TPSA) is 76.4 Å². The van der Waals surface area contributed by atoms with E-state index >= 15 is 0 Å². The van der Waals surface area contributed by atoms with Crippen molar-refractivity contribution in [2.45, 2.75) is 0 Å². The van der Waals surface area contributed by atoms with Gasteiger partial charge in [-0.25, -0.2) is 0 Å². The van der Waals surface area contributed by atoms with E-state index in [0.717, 1.165) is 11.3 Å². The summed E-state index contributed by atoms with van der Waals surface area (Å²) >= 11 is 0. The van der Waals surface area contributed by atoms with Gasteiger partial charge >= 0.3 is 0 Å². The molecular weight excluding hydrogens is 152 g/mol. The zero-order valence-electron chi connectivity index (χ0n) is 6.91. The van der Waals surface area contributed by atoms with Crippen LogP contribution in [0.2, 0.25) is 0 Å². The number of benzene rings is 1. The van der Waals surface area contributed by atoms with Crippen molar-refractivity contribution in [3.05, 3.63) is 23.8 Å². The van der Waals surface area contributed by atoms with Gasteiger partial charge in [0.2, 0.25) is 0 Å². The van der Waals surface area contributed by atoms with E-state index in [1.165, 1.54) is 6.21 Å². The highest BCUT2D eigenvalue weighted by Gasteiger charge is 1.96. The highest BCUT2D eigenvalue weighted by Crippen LogP contribution is 2.15. The number of hydrazone groups is 1. The van der Waals surface area contributed by atoms with Gasteiger partial charge in [-0.2, -0.15) is 5.10 Å². The fraction of sp³-hybridized carbons (Fsp3) is 0.125. The molecule has 0 saturated heterocycles. The lowest BCUT2D eigenvalue weighted by Gasteiger charge is -2.03. The lowest BCUT2D eigenvalue weighted by Crippen LogP contribution is -1.97. The van der Waals surface area contributed by atoms with Gasteiger partial charge < -0.3 is 16.9 Å². The lowest BCUT2D eigenvalue weighted by atomic mass is 10.2. The molecular formula is C8H12N4. The van der Waals surface area contributed by atoms with Crippen molar-refractivity contribution in [1.29, 1.82) is 0 Å². The van der Waals surface area contributed by atoms with Gasteiger partial charge in [-0.05, 0) is 18.2 Å². The molecule has 0 fully saturated rings. The standard InChI is InChI=1S/C8H12N4/c1-11-7-2-3-8(9)6(4-7)5-12-10/h2-5,11H,9-10H2,1H3/b12-5-. The monoisotopic (exact) mass is 164 g/mol. The van der Waals surface area contributed by atoms with Crippen LogP contribution in [0.4, 0.5) is 11.4 Å². The summed E-state index contributed by atoms with van der Waals surface area (Å²) in [6.07, 6.45) is 1.52. The van der Waals surface area contributed by atoms with Crippen LogP contribution in [0.25, 0.3) is 0 Å². The van der Waals surface area contributed by atoms with Crippen LogP contribution in [0.15, 0.2) is 23.3 Å². The van der Waals surface area contributed by atoms with E-state index in [1.54, 1.807) is 0 Å². The Morgan fingerprint density at radius 1 is 1.50 bits per heavy atom. The molecule has 4 nitrogen and oxygen atoms in total. The third kappa shape index (κ3) is 1.66. The molecule has 4 heteroatoms. The van der Waals surface area contributed by atoms with E-state index in [4.69, 9.17) is 11.6 Å². The van der Waals surface area contributed by atoms with E-state index in [9.17, 15) is 0 Å². The smallest absolute Gasteiger partial charge is 0.0559 e. The van der Waals surface area contributed by atoms with Crippen LogP contribution in [-0.2, 0) is 0 Å². The maximum atomic E-state index is 5.66. The van der Waals surface area contributed by atoms with Gasteiger partial charge in [-0.1, -0.05) is 0 Å². The SMILES string of the molecule is CNc1ccc(N)c(/C=N\N)c1. The summed E-state index contributed by atoms with van der Waals surface area (Å²) in [5.41, 5.74) is 8.13. The number of nitrogen functional groups attached to an aromatic ring is 1. The molecule has 0 aliphatic heterocycles. The molecule has 0 saturated carbocycles. The van der Waals surface area contributed by atoms with E-state index in [0.29, 0.717) is 5.69 Å². The van der Waals surface area contributed by atoms with Crippen molar-refractivity contribution in [1.82, 2.24) is 0 Å². The Bertz CT molecular complexity index is 293. The van der Waals surface area contributed by atoms with Gasteiger partial charge in [0, 0.05) is 24.0 Å². The van der Waals surface area contributed by atoms with Crippen LogP contribution in [0.1, 0.15) is 5.56 Å². The van der Waals surface area contributed by atoms with E-state index in [-0.39, 0.29) is 0 Å². The van der Waals surface area contributed by atoms with Crippen LogP contribution < -0.4 is 16.9 Å². The molecule has 0 aromatic heterocycles. The average Bonchev–Trinajstić information content (AvgIpc) is 2.09. The van der Waals surface area contributed by atoms with Gasteiger partial charge in [0.05, 0.1) is 6.21 Å². The normalized spacial score (nSPS) is 10.4. The summed E-state index contributed by atoms with van der Waals surface area (Å²) in [4.78, 5) is 0. The van der Waals surface area contributed by atoms with Crippen molar-refractivity contribution < 1.29 is 0 Å². The van der Waals surface area contributed by atoms with Gasteiger partial charge in [0.15, 0.2) is 0 Å². The zero-order chi connectivity index (χ0) is 8.97. The quantitative estimate of drug-likeness (QED) is 0.259. The van der Waals surface area contributed by atoms with E-state index in [2.05, 4.69) is 10.4 Å². The van der Waals surface area contributed by atoms with Crippen molar-refractivity contribution in [2.24, 2.45) is 10.9 Å². The van der Waals surface area contributed by atoms with Gasteiger partial charge in [-0.15, -0.1) is 0 Å². The maximum absolute atomic E-state index is 5.66. The summed E-state index contributed by atoms with van der Waals surface area (Å²) in [6, 6.07) is 5.58. The summed E-state index contributed by atoms with van der Waals surface area (Å²) in [5.74, 6) is 5.01. The van der Waals surface area contributed by atoms with Crippen LogP contribution in [0.3, 0.4) is 0 Å². The van der Waals surface area contributed by atoms with Gasteiger partial charge in [0.1, 0.15) is 0 Å². The Morgan fingerprint density at radius 3 is 2.83 bits per heavy atom. The van der Waals surface area contributed by atoms with Crippen LogP contribution >= 0.6 is 0 Å². The Hall–Kier alpha value is -1.71. The fourth-order valence-electron chi connectivity index (χ4n) is 0.922. The number of rotatable bonds is 2. The van der Waals surface area contributed by atoms with Gasteiger partial charge in [0.25, 0.3) is 0 Å². The number of anilines is 2. The summed E-state index contributed by atoms with van der Waals surface area (Å²) in [6.45, 7) is 0. The largest absolute Gasteiger partial charge is 0.398 e. The molecule has 1 aromatic carbocycles. The molecule has 0 radical (unpaired) electrons. The Labute approximate surface area is 71.3 Å². The maximum Gasteiger partial charge on any atom is 0.0559 e. The third-order valence-corrected chi connectivity index (χ3v) is 1.59. The molecule has 1 rings (SSSR count). The highest BCUT2D eigenvalue weighted by molar-refractivity contribution is 5.88. The number of nitrogens with zero attached hydrogens (tertiary/aromatic N) is 1. The number of hydrogen-bond donors (Lipinski definition) is 3. The third-order valence-electron chi connectivity index (χ3n) is 1.59. The Morgan fingerprint density at radius 2 is 2.25 bits per heavy atom. The van der Waals surface area contributed by atoms with Crippen molar-refractivity contribution >= 4 is 17.6 Å². The molecule has 0 heterocycles. The molecule has 0 amide bonds. The molecule has 0 spiro atoms. The molecule has 0 unspecified atom stereocenters. The summed E-state index contributed by atoms with van der Waals surface area (Å²) < 4.78 is 0. The first kappa shape index (κ1) is 8.39. The number of hydrogen-bond acceptors (Lipinski definition) is 4. The summed E-state index contributed by atoms with van der Waals surface area (Å²) in [5, 5.41) is 6.40. The first-order valence-corrected chi connectivity index (χ1v) is 3.58. The first-order chi connectivity index (χ1) is 5.77. The Balaban J connectivity index is 3.08. The molecule has 0 aliphatic carbocycles. The second kappa shape index (κ2) is 3.61. The minimum atomic E-state index is 0.670. The highest BCUT2D eigenvalue weighted by atomic mass is 15.1. The predicted octanol–water partition coefficient (Wildman–Crippen LogP) is 0.603. The van der Waals surface area contributed by atoms with Crippen LogP contribution in [0.5, 0.6) is 0 Å². The fourth-order valence-corrected chi connectivity index (χ4v) is 0.922. The predicted molar refractivity (Wildman–Crippen MR) is 52.2 cm³/mol. The summed E-state index contributed by atoms with van der Waals surface area (Å²) in [7, 11) is 1.84. The lowest BCUT2D eigenvalue weighted by molar-refractivity contribution is 1.26. The molecule has 0 bridgehead atoms. The van der Waals surface area contributed by atoms with Crippen molar-refractivity contribution in [3.8, 4) is 0 Å². The van der Waals surface area contributed by atoms with Crippen LogP contribution in [0, 0.1) is 0 Å². The first-order valence-electron chi connectivity index (χ1n) is 3.58. The zero-order valence-corrected chi connectivity index (χ0v) is 6.91. The number of nitrogens with one attached hydrogen (secondary N) is 1. The van der Waals surface area contributed by atoms with Crippen LogP contribution in [-0.4, -0.2) is 13.3 Å². The molecule has 0 aliphatic rings. The molecule has 1 aromatic rings. The average molecular weight is 164 g/mol. The van der Waals surface area contributed by atoms with Gasteiger partial charge in [-0.3, -0.25) is 0 Å². The minimum absolute atomic E-state index is 0.670. The van der Waals surface area contributed by atoms with Crippen molar-refractivity contribution in [3.63, 3.8) is 0 Å². The van der Waals surface area contributed by atoms with Crippen molar-refractivity contribution in [2.75, 3.05) is 18.1 Å². The molecule has 12 heavy (non-hydrogen) atoms. The molecule has 64 valence electrons. The molecule has 0 atom stereocenters. The number of nitrogens with two attached hydrogens (primary N) is 2. The van der Waals surface area contributed by atoms with E-state index < -0.39 is 0 Å². The second-order valence-corrected chi connectivity index (χ2v) is 2.37. The molecule has 5 N–H and O–H groups in total. The van der Waals surface area contributed by atoms with E-state index in [1.807, 2.05) is 25.2 Å². The minimum Gasteiger partial charge on any atom is -0.398 e.